The van der Waals surface area contributed by atoms with Gasteiger partial charge in [-0.15, -0.1) is 0 Å². The highest BCUT2D eigenvalue weighted by molar-refractivity contribution is 7.85. The number of hydrogen-bond donors (Lipinski definition) is 1. The van der Waals surface area contributed by atoms with Gasteiger partial charge in [0.2, 0.25) is 6.10 Å². The highest BCUT2D eigenvalue weighted by Gasteiger charge is 2.45. The number of hydrogen-bond acceptors (Lipinski definition) is 8. The van der Waals surface area contributed by atoms with E-state index in [1.165, 1.54) is 0 Å². The number of ether oxygens (including phenoxy) is 1. The van der Waals surface area contributed by atoms with E-state index in [4.69, 9.17) is 9.29 Å². The average molecular weight is 373 g/mol. The largest absolute Gasteiger partial charge is 0.446 e. The minimum Gasteiger partial charge on any atom is -0.446 e. The van der Waals surface area contributed by atoms with E-state index in [9.17, 15) is 32.4 Å². The molecule has 0 spiro atoms. The van der Waals surface area contributed by atoms with Crippen molar-refractivity contribution in [2.75, 3.05) is 12.3 Å². The van der Waals surface area contributed by atoms with E-state index in [-0.39, 0.29) is 19.4 Å². The summed E-state index contributed by atoms with van der Waals surface area (Å²) in [6.07, 6.45) is -0.0639. The van der Waals surface area contributed by atoms with Gasteiger partial charge in [0.15, 0.2) is 11.6 Å². The molecule has 10 nitrogen and oxygen atoms in total. The number of ketones is 2. The summed E-state index contributed by atoms with van der Waals surface area (Å²) in [6, 6.07) is 0. The lowest BCUT2D eigenvalue weighted by Gasteiger charge is -2.14. The topological polar surface area (TPSA) is 152 Å². The molecule has 2 atom stereocenters. The monoisotopic (exact) mass is 373 g/mol. The lowest BCUT2D eigenvalue weighted by molar-refractivity contribution is -0.158. The number of esters is 1. The highest BCUT2D eigenvalue weighted by Crippen LogP contribution is 2.23. The molecule has 1 aliphatic heterocycles. The van der Waals surface area contributed by atoms with Crippen molar-refractivity contribution in [2.45, 2.75) is 25.4 Å². The van der Waals surface area contributed by atoms with Crippen molar-refractivity contribution >= 4 is 39.5 Å². The zero-order valence-corrected chi connectivity index (χ0v) is 13.7. The molecule has 25 heavy (non-hydrogen) atoms. The number of nitrogens with zero attached hydrogens (tertiary/aromatic N) is 1. The number of rotatable bonds is 7. The van der Waals surface area contributed by atoms with Gasteiger partial charge in [-0.05, 0) is 6.42 Å². The number of amides is 2. The van der Waals surface area contributed by atoms with Crippen molar-refractivity contribution in [3.8, 4) is 0 Å². The Balaban J connectivity index is 1.82. The Kier molecular flexibility index (Phi) is 5.48. The van der Waals surface area contributed by atoms with Crippen LogP contribution in [0.1, 0.15) is 19.3 Å². The minimum absolute atomic E-state index is 0.0162. The number of carbonyl (C=O) groups is 5. The van der Waals surface area contributed by atoms with Crippen molar-refractivity contribution < 1.29 is 41.7 Å². The van der Waals surface area contributed by atoms with Crippen LogP contribution in [0.15, 0.2) is 12.2 Å². The van der Waals surface area contributed by atoms with E-state index < -0.39 is 63.7 Å². The fourth-order valence-electron chi connectivity index (χ4n) is 2.57. The van der Waals surface area contributed by atoms with Crippen LogP contribution in [0.5, 0.6) is 0 Å². The summed E-state index contributed by atoms with van der Waals surface area (Å²) in [4.78, 5) is 58.9. The maximum absolute atomic E-state index is 11.9. The first-order chi connectivity index (χ1) is 11.6. The first-order valence-electron chi connectivity index (χ1n) is 7.33. The lowest BCUT2D eigenvalue weighted by Crippen LogP contribution is -2.33. The second-order valence-corrected chi connectivity index (χ2v) is 7.15. The molecule has 0 saturated heterocycles. The Hall–Kier alpha value is -2.40. The van der Waals surface area contributed by atoms with Gasteiger partial charge in [-0.1, -0.05) is 0 Å². The van der Waals surface area contributed by atoms with Crippen LogP contribution < -0.4 is 0 Å². The van der Waals surface area contributed by atoms with Crippen LogP contribution in [0.25, 0.3) is 0 Å². The summed E-state index contributed by atoms with van der Waals surface area (Å²) in [5, 5.41) is 0. The third-order valence-electron chi connectivity index (χ3n) is 3.73. The fraction of sp³-hybridized carbons (Fsp3) is 0.500. The van der Waals surface area contributed by atoms with Crippen LogP contribution in [-0.4, -0.2) is 65.6 Å². The Bertz CT molecular complexity index is 749. The first kappa shape index (κ1) is 18.9. The molecule has 2 unspecified atom stereocenters. The summed E-state index contributed by atoms with van der Waals surface area (Å²) < 4.78 is 35.1. The predicted octanol–water partition coefficient (Wildman–Crippen LogP) is -1.35. The molecule has 1 fully saturated rings. The van der Waals surface area contributed by atoms with E-state index >= 15 is 0 Å². The van der Waals surface area contributed by atoms with Crippen molar-refractivity contribution in [1.82, 2.24) is 4.90 Å². The summed E-state index contributed by atoms with van der Waals surface area (Å²) in [6.45, 7) is -0.0162. The molecule has 0 radical (unpaired) electrons. The Morgan fingerprint density at radius 1 is 1.20 bits per heavy atom. The van der Waals surface area contributed by atoms with Gasteiger partial charge >= 0.3 is 5.97 Å². The van der Waals surface area contributed by atoms with Crippen molar-refractivity contribution in [3.05, 3.63) is 12.2 Å². The Morgan fingerprint density at radius 2 is 1.80 bits per heavy atom. The second kappa shape index (κ2) is 7.23. The van der Waals surface area contributed by atoms with Crippen LogP contribution >= 0.6 is 0 Å². The molecule has 0 aromatic carbocycles. The molecule has 0 bridgehead atoms. The maximum atomic E-state index is 11.9. The smallest absolute Gasteiger partial charge is 0.307 e. The van der Waals surface area contributed by atoms with Gasteiger partial charge in [0, 0.05) is 37.5 Å². The maximum Gasteiger partial charge on any atom is 0.307 e. The fourth-order valence-corrected chi connectivity index (χ4v) is 3.36. The number of imide groups is 1. The van der Waals surface area contributed by atoms with Crippen LogP contribution in [-0.2, 0) is 38.8 Å². The van der Waals surface area contributed by atoms with E-state index in [2.05, 4.69) is 0 Å². The first-order valence-corrected chi connectivity index (χ1v) is 8.94. The summed E-state index contributed by atoms with van der Waals surface area (Å²) in [7, 11) is -4.44. The molecule has 2 rings (SSSR count). The molecule has 1 heterocycles. The van der Waals surface area contributed by atoms with E-state index in [1.54, 1.807) is 0 Å². The third-order valence-corrected chi connectivity index (χ3v) is 4.55. The molecular formula is C14H15NO9S. The standard InChI is InChI=1S/C14H15NO9S/c16-9-6-8(7-25(21,22)23)13(20)14(9)24-12(19)2-1-5-15-10(17)3-4-11(15)18/h3-4,8,14H,1-2,5-7H2,(H,21,22,23). The predicted molar refractivity (Wildman–Crippen MR) is 79.5 cm³/mol. The SMILES string of the molecule is O=C(CCCN1C(=O)C=CC1=O)OC1C(=O)CC(CS(=O)(=O)O)C1=O. The van der Waals surface area contributed by atoms with Crippen molar-refractivity contribution in [1.29, 1.82) is 0 Å². The van der Waals surface area contributed by atoms with Gasteiger partial charge in [0.1, 0.15) is 0 Å². The van der Waals surface area contributed by atoms with Gasteiger partial charge < -0.3 is 4.74 Å². The molecule has 2 aliphatic rings. The Morgan fingerprint density at radius 3 is 2.36 bits per heavy atom. The lowest BCUT2D eigenvalue weighted by atomic mass is 10.1. The average Bonchev–Trinajstić information content (AvgIpc) is 2.93. The summed E-state index contributed by atoms with van der Waals surface area (Å²) >= 11 is 0. The van der Waals surface area contributed by atoms with E-state index in [0.717, 1.165) is 17.1 Å². The molecule has 1 saturated carbocycles. The van der Waals surface area contributed by atoms with E-state index in [1.807, 2.05) is 0 Å². The number of carbonyl (C=O) groups excluding carboxylic acids is 5. The molecular weight excluding hydrogens is 358 g/mol. The summed E-state index contributed by atoms with van der Waals surface area (Å²) in [5.41, 5.74) is 0. The molecule has 1 aliphatic carbocycles. The normalized spacial score (nSPS) is 23.6. The molecule has 0 aromatic heterocycles. The second-order valence-electron chi connectivity index (χ2n) is 5.65. The van der Waals surface area contributed by atoms with Crippen LogP contribution in [0.2, 0.25) is 0 Å². The molecule has 11 heteroatoms. The van der Waals surface area contributed by atoms with Gasteiger partial charge in [0.05, 0.1) is 5.75 Å². The van der Waals surface area contributed by atoms with Crippen molar-refractivity contribution in [2.24, 2.45) is 5.92 Å². The Labute approximate surface area is 142 Å². The minimum atomic E-state index is -4.44. The van der Waals surface area contributed by atoms with Crippen LogP contribution in [0.3, 0.4) is 0 Å². The van der Waals surface area contributed by atoms with Gasteiger partial charge in [-0.3, -0.25) is 33.4 Å². The third kappa shape index (κ3) is 4.79. The quantitative estimate of drug-likeness (QED) is 0.247. The highest BCUT2D eigenvalue weighted by atomic mass is 32.2. The summed E-state index contributed by atoms with van der Waals surface area (Å²) in [5.74, 6) is -5.62. The van der Waals surface area contributed by atoms with Gasteiger partial charge in [-0.2, -0.15) is 8.42 Å². The molecule has 1 N–H and O–H groups in total. The zero-order valence-electron chi connectivity index (χ0n) is 12.9. The van der Waals surface area contributed by atoms with Crippen LogP contribution in [0.4, 0.5) is 0 Å². The van der Waals surface area contributed by atoms with Gasteiger partial charge in [-0.25, -0.2) is 0 Å². The number of Topliss-reactive ketones (excluding diaryl/α,β-unsaturated/α-hetero) is 2. The molecule has 136 valence electrons. The van der Waals surface area contributed by atoms with Crippen LogP contribution in [0, 0.1) is 5.92 Å². The molecule has 0 aromatic rings. The molecule has 2 amide bonds. The van der Waals surface area contributed by atoms with Gasteiger partial charge in [0.25, 0.3) is 21.9 Å². The zero-order chi connectivity index (χ0) is 18.8. The van der Waals surface area contributed by atoms with Crippen molar-refractivity contribution in [3.63, 3.8) is 0 Å². The van der Waals surface area contributed by atoms with E-state index in [0.29, 0.717) is 0 Å².